The molecule has 13 nitrogen and oxygen atoms in total. The van der Waals surface area contributed by atoms with Crippen LogP contribution in [0.5, 0.6) is 0 Å². The van der Waals surface area contributed by atoms with Crippen molar-refractivity contribution in [3.63, 3.8) is 0 Å². The lowest BCUT2D eigenvalue weighted by molar-refractivity contribution is -0.694. The Morgan fingerprint density at radius 2 is 1.36 bits per heavy atom. The van der Waals surface area contributed by atoms with Crippen LogP contribution >= 0.6 is 17.4 Å². The highest BCUT2D eigenvalue weighted by Crippen LogP contribution is 2.06. The van der Waals surface area contributed by atoms with Crippen LogP contribution in [0.15, 0.2) is 0 Å². The molecule has 2 atom stereocenters. The standard InChI is InChI=1S/C5H8O5.C5H8O4.2HO2P/c1-2-5(8,3-10-9)4(6)7;1-2-5(7,3-6)4-9-8;2*1-3-2/h1,4,6-9H,3H2;1,6-8H,3-4H2;2*(H,1,2)/p-4/t2*5-;;/m10../s1. The molecule has 0 saturated carbocycles. The molecule has 146 valence electrons. The molecular formula is C10H14O13P2-4. The summed E-state index contributed by atoms with van der Waals surface area (Å²) in [6.45, 7) is -2.13. The SMILES string of the molecule is C#C[C@@](O)(CO[O-])C(O)O.C#C[C@](O)(CO)CO[O-].O=P[O-].O=P[O-]. The molecule has 0 aliphatic heterocycles. The number of terminal acetylenes is 2. The molecule has 0 aliphatic carbocycles. The highest BCUT2D eigenvalue weighted by atomic mass is 31.1. The van der Waals surface area contributed by atoms with Crippen molar-refractivity contribution in [3.05, 3.63) is 0 Å². The summed E-state index contributed by atoms with van der Waals surface area (Å²) in [5.41, 5.74) is -4.12. The maximum atomic E-state index is 9.43. The van der Waals surface area contributed by atoms with E-state index in [0.717, 1.165) is 0 Å². The average molecular weight is 404 g/mol. The molecule has 0 saturated heterocycles. The third kappa shape index (κ3) is 20.8. The maximum absolute atomic E-state index is 9.43. The summed E-state index contributed by atoms with van der Waals surface area (Å²) in [5, 5.41) is 61.5. The van der Waals surface area contributed by atoms with E-state index in [1.807, 2.05) is 5.92 Å². The number of aliphatic hydroxyl groups is 5. The Morgan fingerprint density at radius 1 is 1.00 bits per heavy atom. The molecule has 0 aliphatic rings. The summed E-state index contributed by atoms with van der Waals surface area (Å²) in [5.74, 6) is 3.42. The van der Waals surface area contributed by atoms with Gasteiger partial charge < -0.3 is 55.6 Å². The van der Waals surface area contributed by atoms with Crippen molar-refractivity contribution < 1.29 is 64.7 Å². The predicted octanol–water partition coefficient (Wildman–Crippen LogP) is -6.30. The molecule has 0 heterocycles. The highest BCUT2D eigenvalue weighted by Gasteiger charge is 2.31. The monoisotopic (exact) mass is 404 g/mol. The van der Waals surface area contributed by atoms with E-state index in [-0.39, 0.29) is 0 Å². The second-order valence-corrected chi connectivity index (χ2v) is 3.75. The summed E-state index contributed by atoms with van der Waals surface area (Å²) < 4.78 is 16.7. The van der Waals surface area contributed by atoms with Crippen molar-refractivity contribution >= 4 is 17.4 Å². The van der Waals surface area contributed by atoms with Gasteiger partial charge in [-0.15, -0.1) is 12.8 Å². The molecule has 0 amide bonds. The van der Waals surface area contributed by atoms with Gasteiger partial charge in [0.15, 0.2) is 17.5 Å². The van der Waals surface area contributed by atoms with Gasteiger partial charge in [-0.05, 0) is 0 Å². The second-order valence-electron chi connectivity index (χ2n) is 3.45. The van der Waals surface area contributed by atoms with Gasteiger partial charge in [-0.25, -0.2) is 0 Å². The second kappa shape index (κ2) is 20.9. The Balaban J connectivity index is -0.000000135. The molecule has 5 N–H and O–H groups in total. The molecule has 0 spiro atoms. The zero-order valence-corrected chi connectivity index (χ0v) is 14.0. The Bertz CT molecular complexity index is 401. The van der Waals surface area contributed by atoms with E-state index in [1.165, 1.54) is 0 Å². The molecule has 0 aromatic rings. The normalized spacial score (nSPS) is 14.1. The van der Waals surface area contributed by atoms with Crippen molar-refractivity contribution in [1.82, 2.24) is 0 Å². The van der Waals surface area contributed by atoms with Crippen LogP contribution in [0.25, 0.3) is 0 Å². The molecule has 0 unspecified atom stereocenters. The molecule has 0 aromatic heterocycles. The zero-order valence-electron chi connectivity index (χ0n) is 12.2. The quantitative estimate of drug-likeness (QED) is 0.0909. The fraction of sp³-hybridized carbons (Fsp3) is 0.600. The molecule has 0 rings (SSSR count). The van der Waals surface area contributed by atoms with E-state index >= 15 is 0 Å². The van der Waals surface area contributed by atoms with Gasteiger partial charge in [0.05, 0.1) is 37.2 Å². The highest BCUT2D eigenvalue weighted by molar-refractivity contribution is 7.14. The largest absolute Gasteiger partial charge is 0.772 e. The fourth-order valence-corrected chi connectivity index (χ4v) is 0.511. The van der Waals surface area contributed by atoms with Gasteiger partial charge in [0.2, 0.25) is 0 Å². The Morgan fingerprint density at radius 3 is 1.44 bits per heavy atom. The third-order valence-corrected chi connectivity index (χ3v) is 1.78. The van der Waals surface area contributed by atoms with Crippen LogP contribution in [0.4, 0.5) is 0 Å². The van der Waals surface area contributed by atoms with E-state index < -0.39 is 54.7 Å². The van der Waals surface area contributed by atoms with Gasteiger partial charge in [-0.1, -0.05) is 11.8 Å². The first-order chi connectivity index (χ1) is 11.6. The lowest BCUT2D eigenvalue weighted by Crippen LogP contribution is -2.46. The lowest BCUT2D eigenvalue weighted by Gasteiger charge is -2.24. The lowest BCUT2D eigenvalue weighted by atomic mass is 10.1. The molecule has 0 bridgehead atoms. The first kappa shape index (κ1) is 31.6. The van der Waals surface area contributed by atoms with E-state index in [2.05, 4.69) is 16.2 Å². The minimum atomic E-state index is -2.30. The Kier molecular flexibility index (Phi) is 26.5. The summed E-state index contributed by atoms with van der Waals surface area (Å²) in [6.07, 6.45) is 7.21. The van der Waals surface area contributed by atoms with Crippen LogP contribution in [-0.2, 0) is 18.9 Å². The molecule has 0 fully saturated rings. The van der Waals surface area contributed by atoms with Gasteiger partial charge in [0.25, 0.3) is 0 Å². The number of hydrogen-bond acceptors (Lipinski definition) is 13. The van der Waals surface area contributed by atoms with Gasteiger partial charge >= 0.3 is 0 Å². The van der Waals surface area contributed by atoms with Crippen molar-refractivity contribution in [2.24, 2.45) is 0 Å². The maximum Gasteiger partial charge on any atom is 0.198 e. The van der Waals surface area contributed by atoms with Gasteiger partial charge in [0.1, 0.15) is 0 Å². The smallest absolute Gasteiger partial charge is 0.198 e. The molecule has 15 heteroatoms. The van der Waals surface area contributed by atoms with Crippen LogP contribution in [0, 0.1) is 24.7 Å². The van der Waals surface area contributed by atoms with Crippen LogP contribution < -0.4 is 20.3 Å². The van der Waals surface area contributed by atoms with Crippen molar-refractivity contribution in [3.8, 4) is 24.7 Å². The van der Waals surface area contributed by atoms with Crippen LogP contribution in [-0.4, -0.2) is 62.8 Å². The number of rotatable bonds is 6. The molecule has 25 heavy (non-hydrogen) atoms. The van der Waals surface area contributed by atoms with E-state index in [1.54, 1.807) is 5.92 Å². The van der Waals surface area contributed by atoms with E-state index in [9.17, 15) is 10.5 Å². The third-order valence-electron chi connectivity index (χ3n) is 1.78. The Labute approximate surface area is 145 Å². The average Bonchev–Trinajstić information content (AvgIpc) is 2.57. The van der Waals surface area contributed by atoms with Gasteiger partial charge in [0, 0.05) is 0 Å². The zero-order chi connectivity index (χ0) is 20.9. The predicted molar refractivity (Wildman–Crippen MR) is 70.0 cm³/mol. The molecular weight excluding hydrogens is 390 g/mol. The first-order valence-electron chi connectivity index (χ1n) is 5.35. The topological polar surface area (TPSA) is 246 Å². The van der Waals surface area contributed by atoms with Gasteiger partial charge in [-0.3, -0.25) is 9.13 Å². The van der Waals surface area contributed by atoms with Crippen LogP contribution in [0.2, 0.25) is 0 Å². The van der Waals surface area contributed by atoms with Crippen molar-refractivity contribution in [2.75, 3.05) is 19.8 Å². The summed E-state index contributed by atoms with van der Waals surface area (Å²) in [7, 11) is -2.17. The Hall–Kier alpha value is -1.12. The van der Waals surface area contributed by atoms with Gasteiger partial charge in [-0.2, -0.15) is 0 Å². The molecule has 0 aromatic carbocycles. The van der Waals surface area contributed by atoms with Crippen molar-refractivity contribution in [1.29, 1.82) is 0 Å². The minimum Gasteiger partial charge on any atom is -0.772 e. The fourth-order valence-electron chi connectivity index (χ4n) is 0.511. The van der Waals surface area contributed by atoms with E-state index in [4.69, 9.17) is 50.9 Å². The van der Waals surface area contributed by atoms with Crippen LogP contribution in [0.1, 0.15) is 0 Å². The van der Waals surface area contributed by atoms with Crippen LogP contribution in [0.3, 0.4) is 0 Å². The summed E-state index contributed by atoms with van der Waals surface area (Å²) in [4.78, 5) is 23.2. The molecule has 0 radical (unpaired) electrons. The summed E-state index contributed by atoms with van der Waals surface area (Å²) >= 11 is 0. The first-order valence-corrected chi connectivity index (χ1v) is 6.81. The van der Waals surface area contributed by atoms with Crippen molar-refractivity contribution in [2.45, 2.75) is 17.5 Å². The number of hydrogen-bond donors (Lipinski definition) is 5. The van der Waals surface area contributed by atoms with E-state index in [0.29, 0.717) is 0 Å². The minimum absolute atomic E-state index is 0.597. The summed E-state index contributed by atoms with van der Waals surface area (Å²) in [6, 6.07) is 0. The number of aliphatic hydroxyl groups excluding tert-OH is 2.